The first-order chi connectivity index (χ1) is 10.8. The standard InChI is InChI=1S/C16H20N4O2/c1-21-12-6-5-11(14(8-12)22-2)9-18-16-13-4-3-7-17-15(13)19-10-20-16/h5-6,8,10H,3-4,7,9H2,1-2H3,(H2,17,18,19,20). The lowest BCUT2D eigenvalue weighted by atomic mass is 10.1. The van der Waals surface area contributed by atoms with Crippen LogP contribution < -0.4 is 20.1 Å². The molecule has 2 N–H and O–H groups in total. The van der Waals surface area contributed by atoms with E-state index in [2.05, 4.69) is 20.6 Å². The number of aromatic nitrogens is 2. The van der Waals surface area contributed by atoms with E-state index in [1.807, 2.05) is 18.2 Å². The van der Waals surface area contributed by atoms with Gasteiger partial charge in [-0.15, -0.1) is 0 Å². The maximum absolute atomic E-state index is 5.42. The van der Waals surface area contributed by atoms with Crippen molar-refractivity contribution in [3.63, 3.8) is 0 Å². The van der Waals surface area contributed by atoms with Crippen molar-refractivity contribution in [3.8, 4) is 11.5 Å². The highest BCUT2D eigenvalue weighted by Crippen LogP contribution is 2.28. The Labute approximate surface area is 129 Å². The van der Waals surface area contributed by atoms with Gasteiger partial charge < -0.3 is 20.1 Å². The van der Waals surface area contributed by atoms with Gasteiger partial charge in [-0.05, 0) is 25.0 Å². The van der Waals surface area contributed by atoms with Crippen LogP contribution in [0.15, 0.2) is 24.5 Å². The SMILES string of the molecule is COc1ccc(CNc2ncnc3c2CCCN3)c(OC)c1. The predicted octanol–water partition coefficient (Wildman–Crippen LogP) is 2.46. The van der Waals surface area contributed by atoms with Crippen molar-refractivity contribution in [2.75, 3.05) is 31.4 Å². The van der Waals surface area contributed by atoms with Gasteiger partial charge in [0, 0.05) is 30.3 Å². The Balaban J connectivity index is 1.78. The molecule has 0 spiro atoms. The average Bonchev–Trinajstić information content (AvgIpc) is 2.59. The molecule has 22 heavy (non-hydrogen) atoms. The molecule has 2 heterocycles. The Morgan fingerprint density at radius 2 is 2.14 bits per heavy atom. The van der Waals surface area contributed by atoms with E-state index < -0.39 is 0 Å². The molecule has 2 aromatic rings. The van der Waals surface area contributed by atoms with Gasteiger partial charge in [0.1, 0.15) is 29.5 Å². The zero-order valence-corrected chi connectivity index (χ0v) is 12.8. The van der Waals surface area contributed by atoms with Crippen molar-refractivity contribution >= 4 is 11.6 Å². The van der Waals surface area contributed by atoms with Gasteiger partial charge >= 0.3 is 0 Å². The number of fused-ring (bicyclic) bond motifs is 1. The van der Waals surface area contributed by atoms with Gasteiger partial charge in [-0.3, -0.25) is 0 Å². The third-order valence-corrected chi connectivity index (χ3v) is 3.78. The number of hydrogen-bond acceptors (Lipinski definition) is 6. The zero-order valence-electron chi connectivity index (χ0n) is 12.8. The molecule has 1 aromatic carbocycles. The molecule has 3 rings (SSSR count). The Kier molecular flexibility index (Phi) is 4.27. The van der Waals surface area contributed by atoms with Crippen LogP contribution in [0.5, 0.6) is 11.5 Å². The van der Waals surface area contributed by atoms with Crippen molar-refractivity contribution in [1.82, 2.24) is 9.97 Å². The first-order valence-corrected chi connectivity index (χ1v) is 7.34. The van der Waals surface area contributed by atoms with Gasteiger partial charge in [-0.25, -0.2) is 9.97 Å². The van der Waals surface area contributed by atoms with Crippen LogP contribution >= 0.6 is 0 Å². The van der Waals surface area contributed by atoms with Gasteiger partial charge in [0.25, 0.3) is 0 Å². The molecule has 0 fully saturated rings. The highest BCUT2D eigenvalue weighted by molar-refractivity contribution is 5.59. The molecular weight excluding hydrogens is 280 g/mol. The number of methoxy groups -OCH3 is 2. The Morgan fingerprint density at radius 1 is 1.23 bits per heavy atom. The third kappa shape index (κ3) is 2.90. The van der Waals surface area contributed by atoms with Gasteiger partial charge in [-0.1, -0.05) is 0 Å². The van der Waals surface area contributed by atoms with Crippen LogP contribution in [-0.4, -0.2) is 30.7 Å². The summed E-state index contributed by atoms with van der Waals surface area (Å²) in [4.78, 5) is 8.66. The number of benzene rings is 1. The molecule has 1 aromatic heterocycles. The molecule has 6 nitrogen and oxygen atoms in total. The topological polar surface area (TPSA) is 68.3 Å². The minimum absolute atomic E-state index is 0.636. The lowest BCUT2D eigenvalue weighted by Gasteiger charge is -2.19. The fourth-order valence-electron chi connectivity index (χ4n) is 2.60. The van der Waals surface area contributed by atoms with Gasteiger partial charge in [0.2, 0.25) is 0 Å². The van der Waals surface area contributed by atoms with E-state index in [4.69, 9.17) is 9.47 Å². The average molecular weight is 300 g/mol. The van der Waals surface area contributed by atoms with Crippen molar-refractivity contribution in [1.29, 1.82) is 0 Å². The second-order valence-electron chi connectivity index (χ2n) is 5.11. The maximum Gasteiger partial charge on any atom is 0.134 e. The first-order valence-electron chi connectivity index (χ1n) is 7.34. The van der Waals surface area contributed by atoms with E-state index >= 15 is 0 Å². The van der Waals surface area contributed by atoms with E-state index in [1.165, 1.54) is 0 Å². The third-order valence-electron chi connectivity index (χ3n) is 3.78. The number of nitrogens with one attached hydrogen (secondary N) is 2. The van der Waals surface area contributed by atoms with E-state index in [9.17, 15) is 0 Å². The van der Waals surface area contributed by atoms with E-state index in [-0.39, 0.29) is 0 Å². The second kappa shape index (κ2) is 6.51. The molecule has 1 aliphatic rings. The van der Waals surface area contributed by atoms with Crippen molar-refractivity contribution in [3.05, 3.63) is 35.7 Å². The summed E-state index contributed by atoms with van der Waals surface area (Å²) in [5, 5.41) is 6.70. The Morgan fingerprint density at radius 3 is 2.95 bits per heavy atom. The number of hydrogen-bond donors (Lipinski definition) is 2. The molecule has 0 amide bonds. The Bertz CT molecular complexity index is 661. The molecular formula is C16H20N4O2. The fourth-order valence-corrected chi connectivity index (χ4v) is 2.60. The number of anilines is 2. The van der Waals surface area contributed by atoms with Crippen LogP contribution in [0.1, 0.15) is 17.5 Å². The fraction of sp³-hybridized carbons (Fsp3) is 0.375. The molecule has 0 saturated carbocycles. The van der Waals surface area contributed by atoms with E-state index in [0.29, 0.717) is 6.54 Å². The summed E-state index contributed by atoms with van der Waals surface area (Å²) < 4.78 is 10.6. The molecule has 0 saturated heterocycles. The van der Waals surface area contributed by atoms with Crippen LogP contribution in [0.3, 0.4) is 0 Å². The quantitative estimate of drug-likeness (QED) is 0.884. The van der Waals surface area contributed by atoms with Crippen LogP contribution in [0, 0.1) is 0 Å². The number of nitrogens with zero attached hydrogens (tertiary/aromatic N) is 2. The molecule has 6 heteroatoms. The summed E-state index contributed by atoms with van der Waals surface area (Å²) in [7, 11) is 3.31. The lowest BCUT2D eigenvalue weighted by molar-refractivity contribution is 0.391. The van der Waals surface area contributed by atoms with Crippen LogP contribution in [0.25, 0.3) is 0 Å². The van der Waals surface area contributed by atoms with Gasteiger partial charge in [0.05, 0.1) is 14.2 Å². The summed E-state index contributed by atoms with van der Waals surface area (Å²) in [5.74, 6) is 3.40. The summed E-state index contributed by atoms with van der Waals surface area (Å²) in [6.07, 6.45) is 3.68. The zero-order chi connectivity index (χ0) is 15.4. The van der Waals surface area contributed by atoms with Gasteiger partial charge in [0.15, 0.2) is 0 Å². The van der Waals surface area contributed by atoms with Crippen molar-refractivity contribution < 1.29 is 9.47 Å². The van der Waals surface area contributed by atoms with Gasteiger partial charge in [-0.2, -0.15) is 0 Å². The monoisotopic (exact) mass is 300 g/mol. The first kappa shape index (κ1) is 14.4. The normalized spacial score (nSPS) is 13.0. The smallest absolute Gasteiger partial charge is 0.134 e. The largest absolute Gasteiger partial charge is 0.497 e. The van der Waals surface area contributed by atoms with E-state index in [1.54, 1.807) is 20.5 Å². The molecule has 116 valence electrons. The summed E-state index contributed by atoms with van der Waals surface area (Å²) >= 11 is 0. The number of rotatable bonds is 5. The minimum atomic E-state index is 0.636. The molecule has 0 bridgehead atoms. The molecule has 0 unspecified atom stereocenters. The second-order valence-corrected chi connectivity index (χ2v) is 5.11. The van der Waals surface area contributed by atoms with Crippen LogP contribution in [0.4, 0.5) is 11.6 Å². The van der Waals surface area contributed by atoms with Crippen LogP contribution in [-0.2, 0) is 13.0 Å². The predicted molar refractivity (Wildman–Crippen MR) is 85.7 cm³/mol. The van der Waals surface area contributed by atoms with Crippen LogP contribution in [0.2, 0.25) is 0 Å². The highest BCUT2D eigenvalue weighted by Gasteiger charge is 2.15. The molecule has 1 aliphatic heterocycles. The van der Waals surface area contributed by atoms with Crippen molar-refractivity contribution in [2.45, 2.75) is 19.4 Å². The Hall–Kier alpha value is -2.50. The minimum Gasteiger partial charge on any atom is -0.497 e. The molecule has 0 atom stereocenters. The summed E-state index contributed by atoms with van der Waals surface area (Å²) in [5.41, 5.74) is 2.21. The summed E-state index contributed by atoms with van der Waals surface area (Å²) in [6, 6.07) is 5.81. The summed E-state index contributed by atoms with van der Waals surface area (Å²) in [6.45, 7) is 1.60. The highest BCUT2D eigenvalue weighted by atomic mass is 16.5. The van der Waals surface area contributed by atoms with E-state index in [0.717, 1.165) is 53.6 Å². The van der Waals surface area contributed by atoms with Crippen molar-refractivity contribution in [2.24, 2.45) is 0 Å². The molecule has 0 radical (unpaired) electrons. The lowest BCUT2D eigenvalue weighted by Crippen LogP contribution is -2.16. The number of ether oxygens (including phenoxy) is 2. The maximum atomic E-state index is 5.42. The molecule has 0 aliphatic carbocycles.